The van der Waals surface area contributed by atoms with E-state index < -0.39 is 23.9 Å². The summed E-state index contributed by atoms with van der Waals surface area (Å²) in [7, 11) is 0. The van der Waals surface area contributed by atoms with Gasteiger partial charge in [-0.05, 0) is 38.7 Å². The summed E-state index contributed by atoms with van der Waals surface area (Å²) in [5.74, 6) is -0.978. The number of nitrogens with one attached hydrogen (secondary N) is 2. The van der Waals surface area contributed by atoms with Crippen molar-refractivity contribution >= 4 is 12.0 Å². The van der Waals surface area contributed by atoms with Gasteiger partial charge in [-0.25, -0.2) is 14.0 Å². The summed E-state index contributed by atoms with van der Waals surface area (Å²) in [4.78, 5) is 24.3. The van der Waals surface area contributed by atoms with Crippen molar-refractivity contribution in [2.75, 3.05) is 0 Å². The largest absolute Gasteiger partial charge is 0.459 e. The van der Waals surface area contributed by atoms with E-state index in [1.165, 1.54) is 6.07 Å². The van der Waals surface area contributed by atoms with Crippen LogP contribution in [0.1, 0.15) is 44.2 Å². The molecule has 5 nitrogen and oxygen atoms in total. The monoisotopic (exact) mass is 318 g/mol. The summed E-state index contributed by atoms with van der Waals surface area (Å²) in [6, 6.07) is 4.78. The molecular formula is C17H19FN2O3. The molecule has 2 amide bonds. The zero-order valence-corrected chi connectivity index (χ0v) is 12.9. The zero-order valence-electron chi connectivity index (χ0n) is 12.9. The van der Waals surface area contributed by atoms with Crippen molar-refractivity contribution in [1.82, 2.24) is 10.6 Å². The Bertz CT molecular complexity index is 666. The number of allylic oxidation sites excluding steroid dienone is 1. The van der Waals surface area contributed by atoms with Gasteiger partial charge in [0.1, 0.15) is 11.9 Å². The molecule has 3 rings (SSSR count). The number of carbonyl (C=O) groups is 2. The molecule has 0 radical (unpaired) electrons. The fraction of sp³-hybridized carbons (Fsp3) is 0.412. The van der Waals surface area contributed by atoms with Crippen molar-refractivity contribution in [2.45, 2.75) is 44.8 Å². The Morgan fingerprint density at radius 1 is 1.26 bits per heavy atom. The van der Waals surface area contributed by atoms with E-state index in [0.717, 1.165) is 25.7 Å². The van der Waals surface area contributed by atoms with E-state index >= 15 is 0 Å². The van der Waals surface area contributed by atoms with Gasteiger partial charge < -0.3 is 15.4 Å². The van der Waals surface area contributed by atoms with Crippen LogP contribution < -0.4 is 10.6 Å². The number of ether oxygens (including phenoxy) is 1. The fourth-order valence-corrected chi connectivity index (χ4v) is 3.13. The van der Waals surface area contributed by atoms with Gasteiger partial charge in [0.25, 0.3) is 0 Å². The van der Waals surface area contributed by atoms with Crippen molar-refractivity contribution in [1.29, 1.82) is 0 Å². The lowest BCUT2D eigenvalue weighted by atomic mass is 9.95. The Labute approximate surface area is 133 Å². The van der Waals surface area contributed by atoms with Crippen LogP contribution in [-0.4, -0.2) is 18.1 Å². The van der Waals surface area contributed by atoms with Crippen LogP contribution in [0.5, 0.6) is 0 Å². The number of amides is 2. The molecule has 0 saturated heterocycles. The molecule has 0 spiro atoms. The molecule has 1 atom stereocenters. The Morgan fingerprint density at radius 2 is 1.96 bits per heavy atom. The normalized spacial score (nSPS) is 21.8. The van der Waals surface area contributed by atoms with E-state index in [1.807, 2.05) is 0 Å². The second kappa shape index (κ2) is 6.40. The molecule has 1 aliphatic heterocycles. The number of hydrogen-bond donors (Lipinski definition) is 2. The quantitative estimate of drug-likeness (QED) is 0.842. The molecule has 2 N–H and O–H groups in total. The van der Waals surface area contributed by atoms with E-state index in [9.17, 15) is 14.0 Å². The van der Waals surface area contributed by atoms with Gasteiger partial charge in [0.05, 0.1) is 11.6 Å². The highest BCUT2D eigenvalue weighted by Gasteiger charge is 2.34. The maximum Gasteiger partial charge on any atom is 0.338 e. The van der Waals surface area contributed by atoms with Gasteiger partial charge >= 0.3 is 12.0 Å². The molecular weight excluding hydrogens is 299 g/mol. The molecule has 0 unspecified atom stereocenters. The van der Waals surface area contributed by atoms with E-state index in [1.54, 1.807) is 25.1 Å². The molecule has 23 heavy (non-hydrogen) atoms. The van der Waals surface area contributed by atoms with Crippen LogP contribution in [0.25, 0.3) is 0 Å². The maximum absolute atomic E-state index is 14.1. The van der Waals surface area contributed by atoms with Crippen LogP contribution in [0.2, 0.25) is 0 Å². The minimum atomic E-state index is -0.848. The number of urea groups is 1. The van der Waals surface area contributed by atoms with Crippen LogP contribution in [0.15, 0.2) is 35.5 Å². The fourth-order valence-electron chi connectivity index (χ4n) is 3.13. The number of carbonyl (C=O) groups excluding carboxylic acids is 2. The summed E-state index contributed by atoms with van der Waals surface area (Å²) in [5.41, 5.74) is 0.895. The highest BCUT2D eigenvalue weighted by atomic mass is 19.1. The first-order chi connectivity index (χ1) is 11.1. The lowest BCUT2D eigenvalue weighted by Gasteiger charge is -2.29. The van der Waals surface area contributed by atoms with Gasteiger partial charge in [-0.1, -0.05) is 18.2 Å². The number of rotatable bonds is 3. The summed E-state index contributed by atoms with van der Waals surface area (Å²) < 4.78 is 19.7. The highest BCUT2D eigenvalue weighted by molar-refractivity contribution is 5.95. The summed E-state index contributed by atoms with van der Waals surface area (Å²) >= 11 is 0. The molecule has 1 aliphatic carbocycles. The number of esters is 1. The van der Waals surface area contributed by atoms with E-state index in [-0.39, 0.29) is 17.2 Å². The molecule has 1 heterocycles. The topological polar surface area (TPSA) is 67.4 Å². The second-order valence-electron chi connectivity index (χ2n) is 5.90. The first-order valence-electron chi connectivity index (χ1n) is 7.80. The van der Waals surface area contributed by atoms with Gasteiger partial charge in [-0.2, -0.15) is 0 Å². The number of hydrogen-bond acceptors (Lipinski definition) is 3. The van der Waals surface area contributed by atoms with Crippen LogP contribution in [-0.2, 0) is 9.53 Å². The van der Waals surface area contributed by atoms with E-state index in [4.69, 9.17) is 4.74 Å². The predicted molar refractivity (Wildman–Crippen MR) is 81.9 cm³/mol. The molecule has 1 aromatic rings. The standard InChI is InChI=1S/C17H19FN2O3/c1-10-14(16(21)23-11-6-2-3-7-11)15(20-17(22)19-10)12-8-4-5-9-13(12)18/h4-5,8-9,11,15H,2-3,6-7H2,1H3,(H2,19,20,22)/t15-/m1/s1. The smallest absolute Gasteiger partial charge is 0.338 e. The van der Waals surface area contributed by atoms with Crippen LogP contribution >= 0.6 is 0 Å². The summed E-state index contributed by atoms with van der Waals surface area (Å²) in [6.45, 7) is 1.62. The second-order valence-corrected chi connectivity index (χ2v) is 5.90. The van der Waals surface area contributed by atoms with Gasteiger partial charge in [-0.3, -0.25) is 0 Å². The van der Waals surface area contributed by atoms with Gasteiger partial charge in [0.15, 0.2) is 0 Å². The first kappa shape index (κ1) is 15.5. The SMILES string of the molecule is CC1=C(C(=O)OC2CCCC2)[C@@H](c2ccccc2F)NC(=O)N1. The van der Waals surface area contributed by atoms with Gasteiger partial charge in [0.2, 0.25) is 0 Å². The third-order valence-electron chi connectivity index (χ3n) is 4.28. The molecule has 1 fully saturated rings. The average Bonchev–Trinajstić information content (AvgIpc) is 2.99. The minimum absolute atomic E-state index is 0.0956. The minimum Gasteiger partial charge on any atom is -0.459 e. The number of benzene rings is 1. The Morgan fingerprint density at radius 3 is 2.65 bits per heavy atom. The average molecular weight is 318 g/mol. The third kappa shape index (κ3) is 3.21. The first-order valence-corrected chi connectivity index (χ1v) is 7.80. The lowest BCUT2D eigenvalue weighted by Crippen LogP contribution is -2.45. The van der Waals surface area contributed by atoms with Crippen LogP contribution in [0, 0.1) is 5.82 Å². The van der Waals surface area contributed by atoms with Crippen molar-refractivity contribution in [3.8, 4) is 0 Å². The lowest BCUT2D eigenvalue weighted by molar-refractivity contribution is -0.144. The Balaban J connectivity index is 1.92. The maximum atomic E-state index is 14.1. The van der Waals surface area contributed by atoms with Crippen LogP contribution in [0.4, 0.5) is 9.18 Å². The predicted octanol–water partition coefficient (Wildman–Crippen LogP) is 2.94. The molecule has 1 saturated carbocycles. The Hall–Kier alpha value is -2.37. The summed E-state index contributed by atoms with van der Waals surface area (Å²) in [5, 5.41) is 5.17. The molecule has 122 valence electrons. The molecule has 2 aliphatic rings. The molecule has 1 aromatic carbocycles. The van der Waals surface area contributed by atoms with E-state index in [2.05, 4.69) is 10.6 Å². The van der Waals surface area contributed by atoms with Gasteiger partial charge in [0, 0.05) is 11.3 Å². The van der Waals surface area contributed by atoms with Crippen molar-refractivity contribution in [3.63, 3.8) is 0 Å². The number of halogens is 1. The van der Waals surface area contributed by atoms with Gasteiger partial charge in [-0.15, -0.1) is 0 Å². The molecule has 0 bridgehead atoms. The third-order valence-corrected chi connectivity index (χ3v) is 4.28. The molecule has 6 heteroatoms. The Kier molecular flexibility index (Phi) is 4.32. The highest BCUT2D eigenvalue weighted by Crippen LogP contribution is 2.31. The van der Waals surface area contributed by atoms with Crippen LogP contribution in [0.3, 0.4) is 0 Å². The van der Waals surface area contributed by atoms with Crippen molar-refractivity contribution < 1.29 is 18.7 Å². The molecule has 0 aromatic heterocycles. The van der Waals surface area contributed by atoms with Crippen molar-refractivity contribution in [2.24, 2.45) is 0 Å². The zero-order chi connectivity index (χ0) is 16.4. The van der Waals surface area contributed by atoms with Crippen molar-refractivity contribution in [3.05, 3.63) is 46.9 Å². The van der Waals surface area contributed by atoms with E-state index in [0.29, 0.717) is 5.70 Å². The summed E-state index contributed by atoms with van der Waals surface area (Å²) in [6.07, 6.45) is 3.69.